The van der Waals surface area contributed by atoms with Gasteiger partial charge in [-0.2, -0.15) is 0 Å². The van der Waals surface area contributed by atoms with Gasteiger partial charge in [0.25, 0.3) is 0 Å². The molecular weight excluding hydrogens is 267 g/mol. The van der Waals surface area contributed by atoms with Gasteiger partial charge in [0.1, 0.15) is 14.1 Å². The van der Waals surface area contributed by atoms with E-state index in [0.717, 1.165) is 12.3 Å². The molecule has 1 aliphatic rings. The van der Waals surface area contributed by atoms with E-state index in [1.165, 1.54) is 4.58 Å². The second kappa shape index (κ2) is 5.36. The van der Waals surface area contributed by atoms with Gasteiger partial charge in [0.2, 0.25) is 0 Å². The van der Waals surface area contributed by atoms with E-state index >= 15 is 0 Å². The molecule has 0 spiro atoms. The van der Waals surface area contributed by atoms with Crippen molar-refractivity contribution in [2.75, 3.05) is 14.1 Å². The van der Waals surface area contributed by atoms with Gasteiger partial charge in [-0.3, -0.25) is 0 Å². The smallest absolute Gasteiger partial charge is 0.632 e. The van der Waals surface area contributed by atoms with E-state index in [1.54, 1.807) is 44.4 Å². The molecule has 0 aromatic heterocycles. The van der Waals surface area contributed by atoms with Crippen LogP contribution in [0.4, 0.5) is 8.63 Å². The summed E-state index contributed by atoms with van der Waals surface area (Å²) in [6, 6.07) is 8.80. The SMILES string of the molecule is C[N+](C)=C(O)/C=C1\O[B-](F)(F)OC=C1c1ccccc1. The third-order valence-corrected chi connectivity index (χ3v) is 2.68. The summed E-state index contributed by atoms with van der Waals surface area (Å²) in [6.07, 6.45) is 2.09. The molecule has 1 heterocycles. The molecule has 0 amide bonds. The molecule has 0 saturated carbocycles. The number of aliphatic hydroxyl groups is 1. The van der Waals surface area contributed by atoms with Crippen LogP contribution in [0, 0.1) is 0 Å². The van der Waals surface area contributed by atoms with Gasteiger partial charge in [-0.1, -0.05) is 30.3 Å². The molecule has 106 valence electrons. The Bertz CT molecular complexity index is 593. The Morgan fingerprint density at radius 3 is 2.50 bits per heavy atom. The molecule has 4 nitrogen and oxygen atoms in total. The predicted molar refractivity (Wildman–Crippen MR) is 72.4 cm³/mol. The molecule has 0 bridgehead atoms. The van der Waals surface area contributed by atoms with Crippen molar-refractivity contribution in [2.45, 2.75) is 0 Å². The Hall–Kier alpha value is -2.31. The molecule has 0 radical (unpaired) electrons. The highest BCUT2D eigenvalue weighted by Crippen LogP contribution is 2.33. The zero-order valence-electron chi connectivity index (χ0n) is 11.1. The monoisotopic (exact) mass is 281 g/mol. The lowest BCUT2D eigenvalue weighted by Gasteiger charge is -2.33. The first-order chi connectivity index (χ1) is 9.39. The number of hydrogen-bond acceptors (Lipinski definition) is 2. The molecule has 2 rings (SSSR count). The minimum atomic E-state index is -4.41. The van der Waals surface area contributed by atoms with Gasteiger partial charge >= 0.3 is 13.0 Å². The van der Waals surface area contributed by atoms with Crippen molar-refractivity contribution in [3.63, 3.8) is 0 Å². The van der Waals surface area contributed by atoms with Crippen molar-refractivity contribution >= 4 is 18.6 Å². The quantitative estimate of drug-likeness (QED) is 0.392. The van der Waals surface area contributed by atoms with E-state index < -0.39 is 7.11 Å². The number of aliphatic hydroxyl groups excluding tert-OH is 1. The van der Waals surface area contributed by atoms with E-state index in [2.05, 4.69) is 9.31 Å². The first-order valence-corrected chi connectivity index (χ1v) is 5.97. The Labute approximate surface area is 115 Å². The van der Waals surface area contributed by atoms with Crippen LogP contribution in [-0.2, 0) is 9.31 Å². The molecule has 1 aromatic carbocycles. The zero-order chi connectivity index (χ0) is 14.8. The van der Waals surface area contributed by atoms with Crippen LogP contribution >= 0.6 is 0 Å². The summed E-state index contributed by atoms with van der Waals surface area (Å²) in [5, 5.41) is 9.69. The molecule has 20 heavy (non-hydrogen) atoms. The maximum atomic E-state index is 13.2. The Balaban J connectivity index is 2.47. The number of hydrogen-bond donors (Lipinski definition) is 1. The molecule has 0 saturated heterocycles. The summed E-state index contributed by atoms with van der Waals surface area (Å²) < 4.78 is 36.7. The van der Waals surface area contributed by atoms with E-state index in [0.29, 0.717) is 11.1 Å². The topological polar surface area (TPSA) is 41.7 Å². The van der Waals surface area contributed by atoms with Gasteiger partial charge in [0.05, 0.1) is 11.8 Å². The third-order valence-electron chi connectivity index (χ3n) is 2.68. The average molecular weight is 281 g/mol. The van der Waals surface area contributed by atoms with Crippen LogP contribution in [-0.4, -0.2) is 36.8 Å². The molecular formula is C13H14BF2NO3. The maximum absolute atomic E-state index is 13.2. The Kier molecular flexibility index (Phi) is 3.78. The van der Waals surface area contributed by atoms with Crippen LogP contribution in [0.15, 0.2) is 48.4 Å². The minimum Gasteiger partial charge on any atom is -0.632 e. The summed E-state index contributed by atoms with van der Waals surface area (Å²) >= 11 is 0. The Morgan fingerprint density at radius 2 is 1.90 bits per heavy atom. The third kappa shape index (κ3) is 3.17. The fourth-order valence-corrected chi connectivity index (χ4v) is 1.63. The summed E-state index contributed by atoms with van der Waals surface area (Å²) in [5.41, 5.74) is 0.989. The lowest BCUT2D eigenvalue weighted by atomic mass is 10.0. The van der Waals surface area contributed by atoms with Gasteiger partial charge in [-0.05, 0) is 5.56 Å². The van der Waals surface area contributed by atoms with Gasteiger partial charge in [-0.15, -0.1) is 0 Å². The highest BCUT2D eigenvalue weighted by Gasteiger charge is 2.37. The summed E-state index contributed by atoms with van der Waals surface area (Å²) in [7, 11) is -1.24. The molecule has 1 N–H and O–H groups in total. The highest BCUT2D eigenvalue weighted by atomic mass is 19.3. The zero-order valence-corrected chi connectivity index (χ0v) is 11.1. The van der Waals surface area contributed by atoms with Crippen molar-refractivity contribution in [3.05, 3.63) is 54.0 Å². The van der Waals surface area contributed by atoms with Crippen LogP contribution in [0.1, 0.15) is 5.56 Å². The number of benzene rings is 1. The number of halogens is 2. The molecule has 0 atom stereocenters. The second-order valence-electron chi connectivity index (χ2n) is 4.45. The van der Waals surface area contributed by atoms with Crippen molar-refractivity contribution in [1.82, 2.24) is 0 Å². The van der Waals surface area contributed by atoms with Crippen LogP contribution in [0.5, 0.6) is 0 Å². The Morgan fingerprint density at radius 1 is 1.25 bits per heavy atom. The molecule has 7 heteroatoms. The first kappa shape index (κ1) is 14.1. The number of rotatable bonds is 2. The summed E-state index contributed by atoms with van der Waals surface area (Å²) in [5.74, 6) is -0.339. The molecule has 1 aromatic rings. The summed E-state index contributed by atoms with van der Waals surface area (Å²) in [4.78, 5) is 0. The van der Waals surface area contributed by atoms with Gasteiger partial charge < -0.3 is 23.0 Å². The standard InChI is InChI=1S/C13H13BF2NO3/c1-17(2)13(18)8-12-11(9-19-14(15,16)20-12)10-6-4-3-5-7-10/h3-9H,1-2H3/q-1/p+1/b12-8-. The van der Waals surface area contributed by atoms with E-state index in [9.17, 15) is 13.7 Å². The van der Waals surface area contributed by atoms with Crippen molar-refractivity contribution < 1.29 is 27.6 Å². The first-order valence-electron chi connectivity index (χ1n) is 5.97. The largest absolute Gasteiger partial charge is 0.725 e. The maximum Gasteiger partial charge on any atom is 0.725 e. The molecule has 0 unspecified atom stereocenters. The van der Waals surface area contributed by atoms with Crippen LogP contribution < -0.4 is 0 Å². The second-order valence-corrected chi connectivity index (χ2v) is 4.45. The van der Waals surface area contributed by atoms with Crippen molar-refractivity contribution in [2.24, 2.45) is 0 Å². The van der Waals surface area contributed by atoms with Gasteiger partial charge in [0.15, 0.2) is 0 Å². The average Bonchev–Trinajstić information content (AvgIpc) is 2.38. The number of nitrogens with zero attached hydrogens (tertiary/aromatic N) is 1. The van der Waals surface area contributed by atoms with E-state index in [-0.39, 0.29) is 11.7 Å². The van der Waals surface area contributed by atoms with Gasteiger partial charge in [-0.25, -0.2) is 4.58 Å². The summed E-state index contributed by atoms with van der Waals surface area (Å²) in [6.45, 7) is 0. The normalized spacial score (nSPS) is 18.8. The fraction of sp³-hybridized carbons (Fsp3) is 0.154. The van der Waals surface area contributed by atoms with Crippen LogP contribution in [0.25, 0.3) is 5.57 Å². The van der Waals surface area contributed by atoms with Crippen molar-refractivity contribution in [1.29, 1.82) is 0 Å². The molecule has 1 aliphatic heterocycles. The van der Waals surface area contributed by atoms with Gasteiger partial charge in [0, 0.05) is 11.8 Å². The minimum absolute atomic E-state index is 0.140. The predicted octanol–water partition coefficient (Wildman–Crippen LogP) is 2.56. The van der Waals surface area contributed by atoms with Crippen LogP contribution in [0.2, 0.25) is 0 Å². The molecule has 0 aliphatic carbocycles. The number of allylic oxidation sites excluding steroid dienone is 1. The van der Waals surface area contributed by atoms with E-state index in [1.807, 2.05) is 0 Å². The fourth-order valence-electron chi connectivity index (χ4n) is 1.63. The molecule has 0 fully saturated rings. The van der Waals surface area contributed by atoms with Crippen molar-refractivity contribution in [3.8, 4) is 0 Å². The lowest BCUT2D eigenvalue weighted by Crippen LogP contribution is -2.33. The highest BCUT2D eigenvalue weighted by molar-refractivity contribution is 6.53. The van der Waals surface area contributed by atoms with E-state index in [4.69, 9.17) is 0 Å². The van der Waals surface area contributed by atoms with Crippen LogP contribution in [0.3, 0.4) is 0 Å². The lowest BCUT2D eigenvalue weighted by molar-refractivity contribution is -0.472.